The summed E-state index contributed by atoms with van der Waals surface area (Å²) in [5, 5.41) is 3.05. The summed E-state index contributed by atoms with van der Waals surface area (Å²) in [6.07, 6.45) is 1.52. The summed E-state index contributed by atoms with van der Waals surface area (Å²) in [6, 6.07) is 5.96. The highest BCUT2D eigenvalue weighted by Gasteiger charge is 2.24. The van der Waals surface area contributed by atoms with Gasteiger partial charge in [0.2, 0.25) is 0 Å². The number of methoxy groups -OCH3 is 2. The molecule has 1 N–H and O–H groups in total. The summed E-state index contributed by atoms with van der Waals surface area (Å²) in [6.45, 7) is 1.81. The first-order chi connectivity index (χ1) is 13.9. The lowest BCUT2D eigenvalue weighted by molar-refractivity contribution is 0.0594. The number of nitrogens with zero attached hydrogens (tertiary/aromatic N) is 2. The van der Waals surface area contributed by atoms with Crippen LogP contribution in [0.4, 0.5) is 10.2 Å². The van der Waals surface area contributed by atoms with E-state index < -0.39 is 11.8 Å². The Morgan fingerprint density at radius 2 is 2.00 bits per heavy atom. The Bertz CT molecular complexity index is 1040. The van der Waals surface area contributed by atoms with E-state index in [0.29, 0.717) is 5.76 Å². The SMILES string of the molecule is COC(=O)c1nc(-c2ccc(Cl)c(OC)c2F)nc(NC(C)c2ccco2)c1Cl. The third-order valence-electron chi connectivity index (χ3n) is 4.05. The van der Waals surface area contributed by atoms with Crippen molar-refractivity contribution in [3.05, 3.63) is 57.8 Å². The van der Waals surface area contributed by atoms with Crippen LogP contribution >= 0.6 is 23.2 Å². The van der Waals surface area contributed by atoms with Crippen molar-refractivity contribution in [2.24, 2.45) is 0 Å². The van der Waals surface area contributed by atoms with Gasteiger partial charge < -0.3 is 19.2 Å². The lowest BCUT2D eigenvalue weighted by atomic mass is 10.1. The largest absolute Gasteiger partial charge is 0.492 e. The minimum atomic E-state index is -0.798. The first-order valence-corrected chi connectivity index (χ1v) is 9.11. The van der Waals surface area contributed by atoms with E-state index >= 15 is 0 Å². The fourth-order valence-corrected chi connectivity index (χ4v) is 3.04. The summed E-state index contributed by atoms with van der Waals surface area (Å²) < 4.78 is 30.0. The molecule has 1 atom stereocenters. The number of benzene rings is 1. The molecule has 1 unspecified atom stereocenters. The van der Waals surface area contributed by atoms with Crippen molar-refractivity contribution in [3.63, 3.8) is 0 Å². The van der Waals surface area contributed by atoms with Gasteiger partial charge in [-0.1, -0.05) is 23.2 Å². The molecule has 0 amide bonds. The Balaban J connectivity index is 2.14. The summed E-state index contributed by atoms with van der Waals surface area (Å²) in [4.78, 5) is 20.5. The van der Waals surface area contributed by atoms with Crippen molar-refractivity contribution in [1.82, 2.24) is 9.97 Å². The van der Waals surface area contributed by atoms with Crippen LogP contribution in [0.15, 0.2) is 34.9 Å². The molecule has 0 saturated heterocycles. The number of nitrogens with one attached hydrogen (secondary N) is 1. The van der Waals surface area contributed by atoms with Gasteiger partial charge in [0.15, 0.2) is 23.1 Å². The molecule has 0 aliphatic rings. The number of anilines is 1. The van der Waals surface area contributed by atoms with Crippen molar-refractivity contribution in [2.45, 2.75) is 13.0 Å². The Kier molecular flexibility index (Phi) is 6.24. The fraction of sp³-hybridized carbons (Fsp3) is 0.211. The highest BCUT2D eigenvalue weighted by Crippen LogP contribution is 2.36. The van der Waals surface area contributed by atoms with Crippen molar-refractivity contribution in [1.29, 1.82) is 0 Å². The maximum absolute atomic E-state index is 14.9. The lowest BCUT2D eigenvalue weighted by Crippen LogP contribution is -2.13. The number of rotatable bonds is 6. The highest BCUT2D eigenvalue weighted by molar-refractivity contribution is 6.35. The molecule has 29 heavy (non-hydrogen) atoms. The van der Waals surface area contributed by atoms with E-state index in [1.807, 2.05) is 0 Å². The lowest BCUT2D eigenvalue weighted by Gasteiger charge is -2.16. The molecule has 2 heterocycles. The average Bonchev–Trinajstić information content (AvgIpc) is 3.24. The number of ether oxygens (including phenoxy) is 2. The first-order valence-electron chi connectivity index (χ1n) is 8.35. The monoisotopic (exact) mass is 439 g/mol. The summed E-state index contributed by atoms with van der Waals surface area (Å²) in [5.41, 5.74) is -0.247. The first kappa shape index (κ1) is 20.9. The summed E-state index contributed by atoms with van der Waals surface area (Å²) in [7, 11) is 2.47. The second-order valence-electron chi connectivity index (χ2n) is 5.87. The second kappa shape index (κ2) is 8.67. The van der Waals surface area contributed by atoms with E-state index in [-0.39, 0.29) is 44.7 Å². The molecule has 152 valence electrons. The molecule has 1 aromatic carbocycles. The Morgan fingerprint density at radius 1 is 1.24 bits per heavy atom. The predicted molar refractivity (Wildman–Crippen MR) is 106 cm³/mol. The number of esters is 1. The highest BCUT2D eigenvalue weighted by atomic mass is 35.5. The molecule has 0 aliphatic heterocycles. The zero-order valence-corrected chi connectivity index (χ0v) is 17.1. The van der Waals surface area contributed by atoms with Crippen molar-refractivity contribution in [2.75, 3.05) is 19.5 Å². The van der Waals surface area contributed by atoms with Gasteiger partial charge in [0.25, 0.3) is 0 Å². The fourth-order valence-electron chi connectivity index (χ4n) is 2.60. The van der Waals surface area contributed by atoms with Crippen LogP contribution in [0.5, 0.6) is 5.75 Å². The molecular weight excluding hydrogens is 424 g/mol. The zero-order valence-electron chi connectivity index (χ0n) is 15.6. The number of carbonyl (C=O) groups is 1. The van der Waals surface area contributed by atoms with Gasteiger partial charge >= 0.3 is 5.97 Å². The Hall–Kier alpha value is -2.84. The topological polar surface area (TPSA) is 86.5 Å². The molecule has 7 nitrogen and oxygen atoms in total. The van der Waals surface area contributed by atoms with Crippen LogP contribution < -0.4 is 10.1 Å². The summed E-state index contributed by atoms with van der Waals surface area (Å²) in [5.74, 6) is -1.12. The van der Waals surface area contributed by atoms with E-state index in [1.54, 1.807) is 19.1 Å². The van der Waals surface area contributed by atoms with Crippen LogP contribution in [0, 0.1) is 5.82 Å². The Morgan fingerprint density at radius 3 is 2.62 bits per heavy atom. The molecule has 0 radical (unpaired) electrons. The van der Waals surface area contributed by atoms with Crippen LogP contribution in [0.3, 0.4) is 0 Å². The number of furan rings is 1. The molecule has 10 heteroatoms. The van der Waals surface area contributed by atoms with Crippen LogP contribution in [0.1, 0.15) is 29.2 Å². The molecule has 0 spiro atoms. The number of hydrogen-bond acceptors (Lipinski definition) is 7. The second-order valence-corrected chi connectivity index (χ2v) is 6.66. The summed E-state index contributed by atoms with van der Waals surface area (Å²) >= 11 is 12.3. The van der Waals surface area contributed by atoms with Gasteiger partial charge in [-0.25, -0.2) is 19.2 Å². The average molecular weight is 440 g/mol. The number of halogens is 3. The van der Waals surface area contributed by atoms with Crippen LogP contribution in [0.2, 0.25) is 10.0 Å². The maximum Gasteiger partial charge on any atom is 0.358 e. The van der Waals surface area contributed by atoms with Gasteiger partial charge in [-0.3, -0.25) is 0 Å². The predicted octanol–water partition coefficient (Wildman–Crippen LogP) is 5.15. The van der Waals surface area contributed by atoms with E-state index in [4.69, 9.17) is 37.1 Å². The van der Waals surface area contributed by atoms with Gasteiger partial charge in [-0.05, 0) is 31.2 Å². The quantitative estimate of drug-likeness (QED) is 0.531. The maximum atomic E-state index is 14.9. The molecule has 0 saturated carbocycles. The van der Waals surface area contributed by atoms with E-state index in [2.05, 4.69) is 15.3 Å². The van der Waals surface area contributed by atoms with Crippen molar-refractivity contribution in [3.8, 4) is 17.1 Å². The smallest absolute Gasteiger partial charge is 0.358 e. The number of aromatic nitrogens is 2. The van der Waals surface area contributed by atoms with E-state index in [0.717, 1.165) is 0 Å². The van der Waals surface area contributed by atoms with Crippen molar-refractivity contribution < 1.29 is 23.1 Å². The van der Waals surface area contributed by atoms with E-state index in [9.17, 15) is 9.18 Å². The van der Waals surface area contributed by atoms with Gasteiger partial charge in [-0.2, -0.15) is 0 Å². The third kappa shape index (κ3) is 4.13. The minimum absolute atomic E-state index is 0.0261. The van der Waals surface area contributed by atoms with Gasteiger partial charge in [0.05, 0.1) is 37.1 Å². The standard InChI is InChI=1S/C19H16Cl2FN3O4/c1-9(12-5-4-8-29-12)23-18-13(21)15(19(26)28-3)24-17(25-18)10-6-7-11(20)16(27-2)14(10)22/h4-9H,1-3H3,(H,23,24,25). The molecule has 0 bridgehead atoms. The van der Waals surface area contributed by atoms with Crippen LogP contribution in [-0.4, -0.2) is 30.2 Å². The third-order valence-corrected chi connectivity index (χ3v) is 4.70. The number of carbonyl (C=O) groups excluding carboxylic acids is 1. The Labute approximate surface area is 175 Å². The molecular formula is C19H16Cl2FN3O4. The minimum Gasteiger partial charge on any atom is -0.492 e. The molecule has 0 aliphatic carbocycles. The molecule has 3 rings (SSSR count). The van der Waals surface area contributed by atoms with Crippen molar-refractivity contribution >= 4 is 35.0 Å². The molecule has 3 aromatic rings. The van der Waals surface area contributed by atoms with Gasteiger partial charge in [0.1, 0.15) is 16.6 Å². The molecule has 2 aromatic heterocycles. The normalized spacial score (nSPS) is 11.8. The number of hydrogen-bond donors (Lipinski definition) is 1. The zero-order chi connectivity index (χ0) is 21.1. The van der Waals surface area contributed by atoms with E-state index in [1.165, 1.54) is 32.6 Å². The molecule has 0 fully saturated rings. The van der Waals surface area contributed by atoms with Crippen LogP contribution in [0.25, 0.3) is 11.4 Å². The van der Waals surface area contributed by atoms with Gasteiger partial charge in [-0.15, -0.1) is 0 Å². The van der Waals surface area contributed by atoms with Gasteiger partial charge in [0, 0.05) is 0 Å². The van der Waals surface area contributed by atoms with Crippen LogP contribution in [-0.2, 0) is 4.74 Å².